The van der Waals surface area contributed by atoms with Crippen molar-refractivity contribution >= 4 is 29.1 Å². The minimum Gasteiger partial charge on any atom is -0.0894 e. The number of hydrogen-bond acceptors (Lipinski definition) is 0. The molecule has 294 valence electrons. The Morgan fingerprint density at radius 1 is 0.389 bits per heavy atom. The number of rotatable bonds is 9. The Balaban J connectivity index is 0.938. The van der Waals surface area contributed by atoms with Crippen LogP contribution in [0.4, 0.5) is 0 Å². The van der Waals surface area contributed by atoms with Crippen molar-refractivity contribution in [3.63, 3.8) is 0 Å². The van der Waals surface area contributed by atoms with Crippen molar-refractivity contribution in [1.82, 2.24) is 0 Å². The summed E-state index contributed by atoms with van der Waals surface area (Å²) in [5.41, 5.74) is 3.96. The van der Waals surface area contributed by atoms with Gasteiger partial charge < -0.3 is 0 Å². The molecule has 16 aliphatic carbocycles. The zero-order chi connectivity index (χ0) is 35.8. The molecule has 54 heavy (non-hydrogen) atoms. The van der Waals surface area contributed by atoms with E-state index in [9.17, 15) is 0 Å². The first-order valence-corrected chi connectivity index (χ1v) is 31.2. The Morgan fingerprint density at radius 3 is 0.870 bits per heavy atom. The first-order chi connectivity index (χ1) is 26.0. The number of hydrogen-bond donors (Lipinski definition) is 0. The highest BCUT2D eigenvalue weighted by Crippen LogP contribution is 2.82. The van der Waals surface area contributed by atoms with Gasteiger partial charge in [-0.05, 0) is 269 Å². The van der Waals surface area contributed by atoms with Gasteiger partial charge in [-0.15, -0.1) is 0 Å². The maximum Gasteiger partial charge on any atom is 0.0776 e. The lowest BCUT2D eigenvalue weighted by Crippen LogP contribution is -2.57. The largest absolute Gasteiger partial charge is 0.0894 e. The van der Waals surface area contributed by atoms with Gasteiger partial charge in [-0.2, -0.15) is 0 Å². The molecule has 1 aromatic rings. The number of benzene rings is 1. The Kier molecular flexibility index (Phi) is 7.79. The molecule has 1 aromatic carbocycles. The summed E-state index contributed by atoms with van der Waals surface area (Å²) in [4.78, 5) is 0. The predicted molar refractivity (Wildman–Crippen MR) is 234 cm³/mol. The molecule has 0 heterocycles. The highest BCUT2D eigenvalue weighted by Gasteiger charge is 2.65. The van der Waals surface area contributed by atoms with Gasteiger partial charge in [-0.25, -0.2) is 0 Å². The van der Waals surface area contributed by atoms with E-state index in [4.69, 9.17) is 0 Å². The standard InChI is InChI=1S/C51H76P2Si/c1-54(2,3)47-5-4-45(31-52(48-19-33-6-34(20-48)8-35(7-33)21-48)49-22-36-9-37(23-49)11-38(10-36)24-49)46(18-47)32-53(50-25-39-12-40(26-50)14-41(13-39)27-50)51-28-42-15-43(29-51)17-44(16-42)30-51/h4-5,18,33-44H,6-17,19-32H2,1-3H3. The summed E-state index contributed by atoms with van der Waals surface area (Å²) in [6, 6.07) is 8.66. The minimum absolute atomic E-state index is 0.000385. The third kappa shape index (κ3) is 5.42. The third-order valence-electron chi connectivity index (χ3n) is 21.0. The van der Waals surface area contributed by atoms with Gasteiger partial charge in [0.25, 0.3) is 0 Å². The van der Waals surface area contributed by atoms with Crippen LogP contribution in [0.3, 0.4) is 0 Å². The topological polar surface area (TPSA) is 0 Å². The molecule has 16 saturated carbocycles. The van der Waals surface area contributed by atoms with Crippen molar-refractivity contribution in [2.45, 2.75) is 207 Å². The van der Waals surface area contributed by atoms with E-state index in [0.29, 0.717) is 0 Å². The molecular weight excluding hydrogens is 703 g/mol. The molecule has 0 aromatic heterocycles. The van der Waals surface area contributed by atoms with Crippen LogP contribution in [0, 0.1) is 71.0 Å². The fourth-order valence-electron chi connectivity index (χ4n) is 21.0. The van der Waals surface area contributed by atoms with Gasteiger partial charge in [0.2, 0.25) is 0 Å². The Bertz CT molecular complexity index is 1450. The summed E-state index contributed by atoms with van der Waals surface area (Å²) in [6.45, 7) is 8.01. The molecule has 17 rings (SSSR count). The van der Waals surface area contributed by atoms with E-state index in [1.165, 1.54) is 0 Å². The smallest absolute Gasteiger partial charge is 0.0776 e. The molecule has 0 amide bonds. The highest BCUT2D eigenvalue weighted by atomic mass is 31.1. The lowest BCUT2D eigenvalue weighted by atomic mass is 9.55. The van der Waals surface area contributed by atoms with Crippen LogP contribution in [0.25, 0.3) is 0 Å². The molecule has 0 radical (unpaired) electrons. The molecule has 3 heteroatoms. The van der Waals surface area contributed by atoms with Gasteiger partial charge in [0.1, 0.15) is 0 Å². The Hall–Kier alpha value is 0.297. The van der Waals surface area contributed by atoms with Crippen molar-refractivity contribution in [2.75, 3.05) is 0 Å². The second-order valence-corrected chi connectivity index (χ2v) is 37.2. The van der Waals surface area contributed by atoms with Gasteiger partial charge in [0.05, 0.1) is 8.07 Å². The summed E-state index contributed by atoms with van der Waals surface area (Å²) in [6.07, 6.45) is 42.6. The molecule has 16 fully saturated rings. The fourth-order valence-corrected chi connectivity index (χ4v) is 32.6. The van der Waals surface area contributed by atoms with E-state index in [1.807, 2.05) is 11.1 Å². The van der Waals surface area contributed by atoms with Crippen LogP contribution in [0.15, 0.2) is 18.2 Å². The summed E-state index contributed by atoms with van der Waals surface area (Å²) >= 11 is 0. The Morgan fingerprint density at radius 2 is 0.630 bits per heavy atom. The van der Waals surface area contributed by atoms with Crippen molar-refractivity contribution in [1.29, 1.82) is 0 Å². The quantitative estimate of drug-likeness (QED) is 0.173. The van der Waals surface area contributed by atoms with E-state index in [2.05, 4.69) is 37.8 Å². The molecule has 16 bridgehead atoms. The molecule has 0 unspecified atom stereocenters. The summed E-state index contributed by atoms with van der Waals surface area (Å²) in [7, 11) is -1.43. The van der Waals surface area contributed by atoms with Crippen LogP contribution in [0.2, 0.25) is 19.6 Å². The predicted octanol–water partition coefficient (Wildman–Crippen LogP) is 14.1. The molecule has 0 saturated heterocycles. The molecule has 0 N–H and O–H groups in total. The van der Waals surface area contributed by atoms with E-state index in [0.717, 1.165) is 91.6 Å². The molecule has 0 aliphatic heterocycles. The van der Waals surface area contributed by atoms with Crippen LogP contribution >= 0.6 is 15.8 Å². The zero-order valence-electron chi connectivity index (χ0n) is 34.9. The van der Waals surface area contributed by atoms with Crippen LogP contribution in [0.5, 0.6) is 0 Å². The molecule has 16 aliphatic rings. The summed E-state index contributed by atoms with van der Waals surface area (Å²) in [5.74, 6) is 13.2. The highest BCUT2D eigenvalue weighted by molar-refractivity contribution is 7.60. The van der Waals surface area contributed by atoms with E-state index < -0.39 is 8.07 Å². The third-order valence-corrected chi connectivity index (χ3v) is 31.2. The van der Waals surface area contributed by atoms with Gasteiger partial charge >= 0.3 is 0 Å². The first-order valence-electron chi connectivity index (χ1n) is 24.7. The van der Waals surface area contributed by atoms with E-state index in [-0.39, 0.29) is 15.8 Å². The molecular formula is C51H76P2Si. The van der Waals surface area contributed by atoms with Gasteiger partial charge in [-0.3, -0.25) is 0 Å². The lowest BCUT2D eigenvalue weighted by molar-refractivity contribution is 0.0180. The molecule has 0 atom stereocenters. The van der Waals surface area contributed by atoms with Crippen LogP contribution < -0.4 is 5.19 Å². The van der Waals surface area contributed by atoms with Crippen LogP contribution in [-0.2, 0) is 12.3 Å². The maximum atomic E-state index is 3.00. The second kappa shape index (κ2) is 12.0. The monoisotopic (exact) mass is 779 g/mol. The average molecular weight is 779 g/mol. The van der Waals surface area contributed by atoms with Crippen molar-refractivity contribution in [3.05, 3.63) is 29.3 Å². The molecule has 0 nitrogen and oxygen atoms in total. The van der Waals surface area contributed by atoms with Gasteiger partial charge in [-0.1, -0.05) is 58.9 Å². The average Bonchev–Trinajstić information content (AvgIpc) is 3.07. The first kappa shape index (κ1) is 35.1. The van der Waals surface area contributed by atoms with Crippen molar-refractivity contribution < 1.29 is 0 Å². The Labute approximate surface area is 334 Å². The van der Waals surface area contributed by atoms with Crippen LogP contribution in [0.1, 0.15) is 165 Å². The van der Waals surface area contributed by atoms with Crippen LogP contribution in [-0.4, -0.2) is 28.7 Å². The summed E-state index contributed by atoms with van der Waals surface area (Å²) < 4.78 is 0. The summed E-state index contributed by atoms with van der Waals surface area (Å²) in [5, 5.41) is 4.78. The minimum atomic E-state index is -1.42. The molecule has 0 spiro atoms. The van der Waals surface area contributed by atoms with E-state index in [1.54, 1.807) is 172 Å². The van der Waals surface area contributed by atoms with Gasteiger partial charge in [0, 0.05) is 0 Å². The fraction of sp³-hybridized carbons (Fsp3) is 0.882. The normalized spacial score (nSPS) is 53.8. The van der Waals surface area contributed by atoms with Gasteiger partial charge in [0.15, 0.2) is 0 Å². The second-order valence-electron chi connectivity index (χ2n) is 26.0. The van der Waals surface area contributed by atoms with Crippen molar-refractivity contribution in [3.8, 4) is 0 Å². The zero-order valence-corrected chi connectivity index (χ0v) is 37.7. The lowest BCUT2D eigenvalue weighted by Gasteiger charge is -2.68. The SMILES string of the molecule is C[Si](C)(C)c1ccc(CP(C23CC4CC(CC(C4)C2)C3)C23CC4CC(CC(C4)C2)C3)c(CP(C23CC4CC(CC(C4)C2)C3)C23CC4CC(CC(C4)C2)C3)c1. The van der Waals surface area contributed by atoms with E-state index >= 15 is 0 Å². The van der Waals surface area contributed by atoms with Crippen molar-refractivity contribution in [2.24, 2.45) is 71.0 Å². The maximum absolute atomic E-state index is 3.00.